The number of hydrogen-bond donors (Lipinski definition) is 1. The molecule has 5 heteroatoms. The van der Waals surface area contributed by atoms with Crippen LogP contribution in [0.1, 0.15) is 49.3 Å². The normalized spacial score (nSPS) is 19.4. The molecule has 1 aromatic rings. The number of halogens is 4. The minimum atomic E-state index is -4.36. The van der Waals surface area contributed by atoms with Gasteiger partial charge in [-0.3, -0.25) is 0 Å². The Morgan fingerprint density at radius 1 is 1.16 bits per heavy atom. The molecule has 1 aliphatic carbocycles. The van der Waals surface area contributed by atoms with Gasteiger partial charge in [0.15, 0.2) is 0 Å². The summed E-state index contributed by atoms with van der Waals surface area (Å²) in [6, 6.07) is 2.98. The minimum absolute atomic E-state index is 0.231. The summed E-state index contributed by atoms with van der Waals surface area (Å²) in [5.41, 5.74) is 5.87. The molecule has 0 heterocycles. The second kappa shape index (κ2) is 5.71. The third kappa shape index (κ3) is 3.42. The van der Waals surface area contributed by atoms with E-state index >= 15 is 0 Å². The number of hydrogen-bond acceptors (Lipinski definition) is 1. The van der Waals surface area contributed by atoms with E-state index in [2.05, 4.69) is 0 Å². The Labute approximate surface area is 115 Å². The van der Waals surface area contributed by atoms with Crippen molar-refractivity contribution in [3.8, 4) is 0 Å². The predicted molar refractivity (Wildman–Crippen MR) is 70.0 cm³/mol. The topological polar surface area (TPSA) is 26.0 Å². The molecule has 2 rings (SSSR count). The third-order valence-electron chi connectivity index (χ3n) is 3.84. The molecular formula is C14H17ClF3N. The smallest absolute Gasteiger partial charge is 0.324 e. The van der Waals surface area contributed by atoms with Crippen LogP contribution in [0, 0.1) is 5.92 Å². The SMILES string of the molecule is N[C@@H](c1cc(C(F)(F)F)ccc1Cl)C1CCCCC1. The Morgan fingerprint density at radius 3 is 2.37 bits per heavy atom. The van der Waals surface area contributed by atoms with Gasteiger partial charge in [0.05, 0.1) is 5.56 Å². The van der Waals surface area contributed by atoms with E-state index in [1.807, 2.05) is 0 Å². The second-order valence-electron chi connectivity index (χ2n) is 5.16. The fourth-order valence-electron chi connectivity index (χ4n) is 2.72. The second-order valence-corrected chi connectivity index (χ2v) is 5.57. The fourth-order valence-corrected chi connectivity index (χ4v) is 2.97. The van der Waals surface area contributed by atoms with E-state index in [0.29, 0.717) is 10.6 Å². The monoisotopic (exact) mass is 291 g/mol. The molecule has 1 aliphatic rings. The number of benzene rings is 1. The molecule has 1 fully saturated rings. The van der Waals surface area contributed by atoms with Gasteiger partial charge in [0.25, 0.3) is 0 Å². The van der Waals surface area contributed by atoms with Gasteiger partial charge in [-0.1, -0.05) is 30.9 Å². The predicted octanol–water partition coefficient (Wildman–Crippen LogP) is 4.94. The van der Waals surface area contributed by atoms with Gasteiger partial charge < -0.3 is 5.73 Å². The van der Waals surface area contributed by atoms with Gasteiger partial charge in [-0.2, -0.15) is 13.2 Å². The highest BCUT2D eigenvalue weighted by Gasteiger charge is 2.32. The highest BCUT2D eigenvalue weighted by atomic mass is 35.5. The van der Waals surface area contributed by atoms with Gasteiger partial charge in [0.1, 0.15) is 0 Å². The summed E-state index contributed by atoms with van der Waals surface area (Å²) >= 11 is 6.01. The zero-order chi connectivity index (χ0) is 14.0. The molecule has 1 saturated carbocycles. The number of alkyl halides is 3. The lowest BCUT2D eigenvalue weighted by Gasteiger charge is -2.28. The first-order valence-corrected chi connectivity index (χ1v) is 6.89. The molecule has 0 aliphatic heterocycles. The zero-order valence-electron chi connectivity index (χ0n) is 10.5. The van der Waals surface area contributed by atoms with Crippen molar-refractivity contribution in [1.82, 2.24) is 0 Å². The summed E-state index contributed by atoms with van der Waals surface area (Å²) in [5.74, 6) is 0.231. The van der Waals surface area contributed by atoms with Crippen LogP contribution in [-0.2, 0) is 6.18 Å². The average molecular weight is 292 g/mol. The van der Waals surface area contributed by atoms with E-state index < -0.39 is 17.8 Å². The van der Waals surface area contributed by atoms with Gasteiger partial charge in [-0.05, 0) is 42.5 Å². The quantitative estimate of drug-likeness (QED) is 0.820. The molecule has 2 N–H and O–H groups in total. The van der Waals surface area contributed by atoms with Crippen LogP contribution in [0.3, 0.4) is 0 Å². The molecule has 1 atom stereocenters. The summed E-state index contributed by atoms with van der Waals surface area (Å²) < 4.78 is 38.2. The highest BCUT2D eigenvalue weighted by molar-refractivity contribution is 6.31. The van der Waals surface area contributed by atoms with Crippen LogP contribution in [0.5, 0.6) is 0 Å². The molecular weight excluding hydrogens is 275 g/mol. The first-order valence-electron chi connectivity index (χ1n) is 6.52. The Balaban J connectivity index is 2.27. The van der Waals surface area contributed by atoms with Gasteiger partial charge in [-0.15, -0.1) is 0 Å². The molecule has 1 aromatic carbocycles. The first kappa shape index (κ1) is 14.7. The summed E-state index contributed by atoms with van der Waals surface area (Å²) in [4.78, 5) is 0. The van der Waals surface area contributed by atoms with Crippen LogP contribution in [0.15, 0.2) is 18.2 Å². The lowest BCUT2D eigenvalue weighted by atomic mass is 9.81. The van der Waals surface area contributed by atoms with E-state index in [-0.39, 0.29) is 5.92 Å². The minimum Gasteiger partial charge on any atom is -0.324 e. The molecule has 0 bridgehead atoms. The number of nitrogens with two attached hydrogens (primary N) is 1. The van der Waals surface area contributed by atoms with Crippen LogP contribution in [0.25, 0.3) is 0 Å². The molecule has 0 aromatic heterocycles. The van der Waals surface area contributed by atoms with Crippen LogP contribution in [0.2, 0.25) is 5.02 Å². The van der Waals surface area contributed by atoms with Crippen molar-refractivity contribution in [2.24, 2.45) is 11.7 Å². The van der Waals surface area contributed by atoms with Crippen LogP contribution in [-0.4, -0.2) is 0 Å². The van der Waals surface area contributed by atoms with Crippen molar-refractivity contribution in [1.29, 1.82) is 0 Å². The molecule has 19 heavy (non-hydrogen) atoms. The summed E-state index contributed by atoms with van der Waals surface area (Å²) in [5, 5.41) is 0.325. The van der Waals surface area contributed by atoms with Crippen molar-refractivity contribution >= 4 is 11.6 Å². The Bertz CT molecular complexity index is 439. The van der Waals surface area contributed by atoms with Gasteiger partial charge >= 0.3 is 6.18 Å². The Morgan fingerprint density at radius 2 is 1.79 bits per heavy atom. The zero-order valence-corrected chi connectivity index (χ0v) is 11.3. The van der Waals surface area contributed by atoms with Crippen molar-refractivity contribution in [3.05, 3.63) is 34.3 Å². The summed E-state index contributed by atoms with van der Waals surface area (Å²) in [6.45, 7) is 0. The van der Waals surface area contributed by atoms with E-state index in [1.165, 1.54) is 12.5 Å². The standard InChI is InChI=1S/C14H17ClF3N/c15-12-7-6-10(14(16,17)18)8-11(12)13(19)9-4-2-1-3-5-9/h6-9,13H,1-5,19H2/t13-/m1/s1. The Kier molecular flexibility index (Phi) is 4.41. The van der Waals surface area contributed by atoms with Crippen LogP contribution >= 0.6 is 11.6 Å². The molecule has 106 valence electrons. The van der Waals surface area contributed by atoms with E-state index in [0.717, 1.165) is 37.8 Å². The maximum Gasteiger partial charge on any atom is 0.416 e. The summed E-state index contributed by atoms with van der Waals surface area (Å²) in [6.07, 6.45) is 0.941. The lowest BCUT2D eigenvalue weighted by Crippen LogP contribution is -2.24. The maximum atomic E-state index is 12.7. The molecule has 0 unspecified atom stereocenters. The van der Waals surface area contributed by atoms with Gasteiger partial charge in [-0.25, -0.2) is 0 Å². The molecule has 0 spiro atoms. The van der Waals surface area contributed by atoms with Crippen LogP contribution < -0.4 is 5.73 Å². The van der Waals surface area contributed by atoms with Crippen molar-refractivity contribution in [2.75, 3.05) is 0 Å². The first-order chi connectivity index (χ1) is 8.89. The third-order valence-corrected chi connectivity index (χ3v) is 4.18. The lowest BCUT2D eigenvalue weighted by molar-refractivity contribution is -0.137. The number of rotatable bonds is 2. The van der Waals surface area contributed by atoms with E-state index in [4.69, 9.17) is 17.3 Å². The molecule has 0 saturated heterocycles. The average Bonchev–Trinajstić information content (AvgIpc) is 2.38. The van der Waals surface area contributed by atoms with E-state index in [1.54, 1.807) is 0 Å². The highest BCUT2D eigenvalue weighted by Crippen LogP contribution is 2.38. The summed E-state index contributed by atoms with van der Waals surface area (Å²) in [7, 11) is 0. The maximum absolute atomic E-state index is 12.7. The van der Waals surface area contributed by atoms with Crippen molar-refractivity contribution < 1.29 is 13.2 Å². The molecule has 1 nitrogen and oxygen atoms in total. The van der Waals surface area contributed by atoms with Crippen molar-refractivity contribution in [3.63, 3.8) is 0 Å². The molecule has 0 radical (unpaired) electrons. The van der Waals surface area contributed by atoms with Crippen molar-refractivity contribution in [2.45, 2.75) is 44.3 Å². The fraction of sp³-hybridized carbons (Fsp3) is 0.571. The largest absolute Gasteiger partial charge is 0.416 e. The van der Waals surface area contributed by atoms with Gasteiger partial charge in [0.2, 0.25) is 0 Å². The molecule has 0 amide bonds. The van der Waals surface area contributed by atoms with Gasteiger partial charge in [0, 0.05) is 11.1 Å². The van der Waals surface area contributed by atoms with Crippen LogP contribution in [0.4, 0.5) is 13.2 Å². The Hall–Kier alpha value is -0.740. The van der Waals surface area contributed by atoms with E-state index in [9.17, 15) is 13.2 Å².